The van der Waals surface area contributed by atoms with Crippen LogP contribution in [-0.2, 0) is 12.0 Å². The van der Waals surface area contributed by atoms with Gasteiger partial charge in [0.25, 0.3) is 5.56 Å². The molecule has 168 valence electrons. The fourth-order valence-corrected chi connectivity index (χ4v) is 3.86. The number of aromatic nitrogens is 1. The van der Waals surface area contributed by atoms with Gasteiger partial charge in [-0.05, 0) is 41.2 Å². The van der Waals surface area contributed by atoms with Crippen LogP contribution in [-0.4, -0.2) is 22.2 Å². The molecular formula is C26H24N2O5. The zero-order chi connectivity index (χ0) is 23.9. The molecule has 0 fully saturated rings. The molecule has 3 aromatic rings. The van der Waals surface area contributed by atoms with Gasteiger partial charge in [0.2, 0.25) is 12.7 Å². The Labute approximate surface area is 191 Å². The minimum absolute atomic E-state index is 0.0422. The molecule has 0 aliphatic carbocycles. The van der Waals surface area contributed by atoms with Crippen LogP contribution < -0.4 is 15.0 Å². The summed E-state index contributed by atoms with van der Waals surface area (Å²) < 4.78 is 11.7. The standard InChI is InChI=1S/C26H24N2O5/c1-15-19(12-27)24(30)28(13-16-5-10-20-21(11-16)33-14-32-20)25(31)22(15)23(29)17-6-8-18(9-7-17)26(2,3)4/h5-11,31H,13-14H2,1-4H3. The molecule has 1 aliphatic heterocycles. The highest BCUT2D eigenvalue weighted by molar-refractivity contribution is 6.11. The fraction of sp³-hybridized carbons (Fsp3) is 0.269. The number of fused-ring (bicyclic) bond motifs is 1. The van der Waals surface area contributed by atoms with Crippen molar-refractivity contribution < 1.29 is 19.4 Å². The molecule has 2 heterocycles. The van der Waals surface area contributed by atoms with E-state index >= 15 is 0 Å². The SMILES string of the molecule is Cc1c(C(=O)c2ccc(C(C)(C)C)cc2)c(O)n(Cc2ccc3c(c2)OCO3)c(=O)c1C#N. The van der Waals surface area contributed by atoms with Crippen molar-refractivity contribution in [3.63, 3.8) is 0 Å². The van der Waals surface area contributed by atoms with E-state index in [-0.39, 0.29) is 35.4 Å². The first-order chi connectivity index (χ1) is 15.6. The molecule has 0 radical (unpaired) electrons. The number of aromatic hydroxyl groups is 1. The molecule has 2 aromatic carbocycles. The van der Waals surface area contributed by atoms with Gasteiger partial charge in [-0.1, -0.05) is 51.1 Å². The Kier molecular flexibility index (Phi) is 5.46. The molecule has 0 bridgehead atoms. The summed E-state index contributed by atoms with van der Waals surface area (Å²) in [5.41, 5.74) is 1.25. The number of pyridine rings is 1. The van der Waals surface area contributed by atoms with Crippen LogP contribution in [0.3, 0.4) is 0 Å². The predicted molar refractivity (Wildman–Crippen MR) is 122 cm³/mol. The highest BCUT2D eigenvalue weighted by Gasteiger charge is 2.26. The number of rotatable bonds is 4. The van der Waals surface area contributed by atoms with Crippen molar-refractivity contribution in [1.29, 1.82) is 5.26 Å². The van der Waals surface area contributed by atoms with Gasteiger partial charge in [-0.2, -0.15) is 5.26 Å². The van der Waals surface area contributed by atoms with E-state index in [2.05, 4.69) is 20.8 Å². The number of hydrogen-bond donors (Lipinski definition) is 1. The summed E-state index contributed by atoms with van der Waals surface area (Å²) >= 11 is 0. The molecule has 0 spiro atoms. The quantitative estimate of drug-likeness (QED) is 0.610. The van der Waals surface area contributed by atoms with Crippen LogP contribution in [0.5, 0.6) is 17.4 Å². The number of benzene rings is 2. The van der Waals surface area contributed by atoms with Crippen molar-refractivity contribution in [2.45, 2.75) is 39.7 Å². The zero-order valence-corrected chi connectivity index (χ0v) is 18.9. The average molecular weight is 444 g/mol. The number of nitrogens with zero attached hydrogens (tertiary/aromatic N) is 2. The number of carbonyl (C=O) groups is 1. The zero-order valence-electron chi connectivity index (χ0n) is 18.9. The molecule has 0 atom stereocenters. The minimum Gasteiger partial charge on any atom is -0.494 e. The van der Waals surface area contributed by atoms with Crippen LogP contribution in [0, 0.1) is 18.3 Å². The van der Waals surface area contributed by atoms with Crippen molar-refractivity contribution in [3.8, 4) is 23.4 Å². The highest BCUT2D eigenvalue weighted by atomic mass is 16.7. The lowest BCUT2D eigenvalue weighted by Crippen LogP contribution is -2.27. The second-order valence-corrected chi connectivity index (χ2v) is 9.05. The molecule has 7 nitrogen and oxygen atoms in total. The lowest BCUT2D eigenvalue weighted by Gasteiger charge is -2.19. The first kappa shape index (κ1) is 22.2. The smallest absolute Gasteiger partial charge is 0.271 e. The molecule has 0 amide bonds. The molecule has 1 aliphatic rings. The van der Waals surface area contributed by atoms with Gasteiger partial charge in [0.1, 0.15) is 11.6 Å². The van der Waals surface area contributed by atoms with E-state index in [4.69, 9.17) is 9.47 Å². The van der Waals surface area contributed by atoms with Gasteiger partial charge in [-0.3, -0.25) is 14.2 Å². The third-order valence-electron chi connectivity index (χ3n) is 5.82. The van der Waals surface area contributed by atoms with Gasteiger partial charge in [0, 0.05) is 5.56 Å². The van der Waals surface area contributed by atoms with Crippen molar-refractivity contribution >= 4 is 5.78 Å². The predicted octanol–water partition coefficient (Wildman–Crippen LogP) is 4.04. The second kappa shape index (κ2) is 8.14. The second-order valence-electron chi connectivity index (χ2n) is 9.05. The first-order valence-corrected chi connectivity index (χ1v) is 10.5. The Morgan fingerprint density at radius 1 is 1.12 bits per heavy atom. The van der Waals surface area contributed by atoms with Gasteiger partial charge in [0.15, 0.2) is 17.3 Å². The van der Waals surface area contributed by atoms with E-state index < -0.39 is 17.2 Å². The van der Waals surface area contributed by atoms with Crippen molar-refractivity contribution in [3.05, 3.63) is 86.2 Å². The first-order valence-electron chi connectivity index (χ1n) is 10.5. The molecule has 1 aromatic heterocycles. The molecule has 7 heteroatoms. The van der Waals surface area contributed by atoms with Gasteiger partial charge in [-0.15, -0.1) is 0 Å². The molecule has 0 saturated heterocycles. The molecule has 1 N–H and O–H groups in total. The normalized spacial score (nSPS) is 12.5. The van der Waals surface area contributed by atoms with Crippen LogP contribution in [0.4, 0.5) is 0 Å². The van der Waals surface area contributed by atoms with Crippen LogP contribution in [0.2, 0.25) is 0 Å². The molecular weight excluding hydrogens is 420 g/mol. The number of ketones is 1. The lowest BCUT2D eigenvalue weighted by molar-refractivity contribution is 0.103. The molecule has 0 saturated carbocycles. The minimum atomic E-state index is -0.662. The van der Waals surface area contributed by atoms with Gasteiger partial charge in [-0.25, -0.2) is 0 Å². The number of hydrogen-bond acceptors (Lipinski definition) is 6. The summed E-state index contributed by atoms with van der Waals surface area (Å²) in [6.07, 6.45) is 0. The summed E-state index contributed by atoms with van der Waals surface area (Å²) in [6, 6.07) is 14.2. The Bertz CT molecular complexity index is 1360. The Morgan fingerprint density at radius 2 is 1.79 bits per heavy atom. The molecule has 4 rings (SSSR count). The number of ether oxygens (including phenoxy) is 2. The molecule has 33 heavy (non-hydrogen) atoms. The van der Waals surface area contributed by atoms with E-state index in [1.165, 1.54) is 6.92 Å². The van der Waals surface area contributed by atoms with Crippen molar-refractivity contribution in [2.24, 2.45) is 0 Å². The largest absolute Gasteiger partial charge is 0.494 e. The summed E-state index contributed by atoms with van der Waals surface area (Å²) in [4.78, 5) is 26.3. The number of carbonyl (C=O) groups excluding carboxylic acids is 1. The Morgan fingerprint density at radius 3 is 2.42 bits per heavy atom. The third kappa shape index (κ3) is 3.96. The van der Waals surface area contributed by atoms with Crippen LogP contribution in [0.15, 0.2) is 47.3 Å². The van der Waals surface area contributed by atoms with Crippen LogP contribution in [0.25, 0.3) is 0 Å². The van der Waals surface area contributed by atoms with Gasteiger partial charge >= 0.3 is 0 Å². The maximum absolute atomic E-state index is 13.4. The van der Waals surface area contributed by atoms with E-state index in [9.17, 15) is 20.0 Å². The summed E-state index contributed by atoms with van der Waals surface area (Å²) in [5.74, 6) is 0.190. The van der Waals surface area contributed by atoms with Crippen LogP contribution in [0.1, 0.15) is 58.9 Å². The maximum atomic E-state index is 13.4. The maximum Gasteiger partial charge on any atom is 0.271 e. The number of nitriles is 1. The van der Waals surface area contributed by atoms with E-state index in [1.807, 2.05) is 18.2 Å². The van der Waals surface area contributed by atoms with Gasteiger partial charge in [0.05, 0.1) is 12.1 Å². The monoisotopic (exact) mass is 444 g/mol. The van der Waals surface area contributed by atoms with E-state index in [0.717, 1.165) is 10.1 Å². The highest BCUT2D eigenvalue weighted by Crippen LogP contribution is 2.33. The third-order valence-corrected chi connectivity index (χ3v) is 5.82. The average Bonchev–Trinajstić information content (AvgIpc) is 3.24. The Balaban J connectivity index is 1.80. The summed E-state index contributed by atoms with van der Waals surface area (Å²) in [5, 5.41) is 20.6. The Hall–Kier alpha value is -4.05. The van der Waals surface area contributed by atoms with Crippen LogP contribution >= 0.6 is 0 Å². The summed E-state index contributed by atoms with van der Waals surface area (Å²) in [7, 11) is 0. The summed E-state index contributed by atoms with van der Waals surface area (Å²) in [6.45, 7) is 7.79. The van der Waals surface area contributed by atoms with E-state index in [0.29, 0.717) is 22.6 Å². The topological polar surface area (TPSA) is 102 Å². The fourth-order valence-electron chi connectivity index (χ4n) is 3.86. The van der Waals surface area contributed by atoms with E-state index in [1.54, 1.807) is 30.3 Å². The van der Waals surface area contributed by atoms with Gasteiger partial charge < -0.3 is 14.6 Å². The van der Waals surface area contributed by atoms with Crippen molar-refractivity contribution in [1.82, 2.24) is 4.57 Å². The van der Waals surface area contributed by atoms with Crippen molar-refractivity contribution in [2.75, 3.05) is 6.79 Å². The molecule has 0 unspecified atom stereocenters. The lowest BCUT2D eigenvalue weighted by atomic mass is 9.86.